The van der Waals surface area contributed by atoms with Crippen molar-refractivity contribution in [1.29, 1.82) is 0 Å². The molecule has 2 nitrogen and oxygen atoms in total. The van der Waals surface area contributed by atoms with Gasteiger partial charge in [0.05, 0.1) is 6.61 Å². The van der Waals surface area contributed by atoms with Gasteiger partial charge in [0.1, 0.15) is 5.75 Å². The topological polar surface area (TPSA) is 21.3 Å². The number of ether oxygens (including phenoxy) is 1. The summed E-state index contributed by atoms with van der Waals surface area (Å²) in [5.74, 6) is 1.03. The summed E-state index contributed by atoms with van der Waals surface area (Å²) in [7, 11) is 0. The lowest BCUT2D eigenvalue weighted by atomic mass is 9.97. The second-order valence-electron chi connectivity index (χ2n) is 5.28. The van der Waals surface area contributed by atoms with Gasteiger partial charge in [0.15, 0.2) is 0 Å². The smallest absolute Gasteiger partial charge is 0.129 e. The van der Waals surface area contributed by atoms with Crippen LogP contribution in [0.5, 0.6) is 5.75 Å². The van der Waals surface area contributed by atoms with Crippen LogP contribution in [0.3, 0.4) is 0 Å². The first-order chi connectivity index (χ1) is 9.31. The summed E-state index contributed by atoms with van der Waals surface area (Å²) in [6.07, 6.45) is 3.39. The van der Waals surface area contributed by atoms with Gasteiger partial charge < -0.3 is 10.1 Å². The molecule has 0 aromatic heterocycles. The van der Waals surface area contributed by atoms with Crippen molar-refractivity contribution in [3.8, 4) is 5.75 Å². The Bertz CT molecular complexity index is 604. The van der Waals surface area contributed by atoms with E-state index in [4.69, 9.17) is 4.74 Å². The molecule has 2 heteroatoms. The van der Waals surface area contributed by atoms with Crippen molar-refractivity contribution in [2.24, 2.45) is 0 Å². The fraction of sp³-hybridized carbons (Fsp3) is 0.412. The van der Waals surface area contributed by atoms with Crippen LogP contribution in [0.1, 0.15) is 30.9 Å². The predicted octanol–water partition coefficient (Wildman–Crippen LogP) is 4.30. The molecule has 0 aliphatic carbocycles. The zero-order chi connectivity index (χ0) is 13.2. The van der Waals surface area contributed by atoms with Gasteiger partial charge in [0, 0.05) is 23.7 Å². The van der Waals surface area contributed by atoms with Gasteiger partial charge >= 0.3 is 0 Å². The van der Waals surface area contributed by atoms with Gasteiger partial charge in [0.25, 0.3) is 0 Å². The first-order valence-electron chi connectivity index (χ1n) is 7.23. The predicted molar refractivity (Wildman–Crippen MR) is 81.3 cm³/mol. The molecular formula is C17H21NO. The molecule has 0 bridgehead atoms. The van der Waals surface area contributed by atoms with E-state index < -0.39 is 0 Å². The lowest BCUT2D eigenvalue weighted by molar-refractivity contribution is 0.313. The minimum atomic E-state index is 0.804. The molecule has 1 N–H and O–H groups in total. The van der Waals surface area contributed by atoms with E-state index in [-0.39, 0.29) is 0 Å². The second kappa shape index (κ2) is 5.12. The third kappa shape index (κ3) is 2.16. The number of unbranched alkanes of at least 4 members (excludes halogenated alkanes) is 1. The Labute approximate surface area is 114 Å². The Morgan fingerprint density at radius 3 is 3.05 bits per heavy atom. The normalized spacial score (nSPS) is 13.4. The molecular weight excluding hydrogens is 234 g/mol. The molecule has 0 spiro atoms. The lowest BCUT2D eigenvalue weighted by Gasteiger charge is -2.14. The third-order valence-corrected chi connectivity index (χ3v) is 3.89. The molecule has 19 heavy (non-hydrogen) atoms. The molecule has 0 saturated heterocycles. The van der Waals surface area contributed by atoms with Crippen LogP contribution >= 0.6 is 0 Å². The Morgan fingerprint density at radius 1 is 1.32 bits per heavy atom. The maximum atomic E-state index is 6.00. The van der Waals surface area contributed by atoms with Crippen LogP contribution < -0.4 is 10.1 Å². The highest BCUT2D eigenvalue weighted by molar-refractivity contribution is 5.98. The number of nitrogens with one attached hydrogen (secondary N) is 1. The van der Waals surface area contributed by atoms with Gasteiger partial charge in [-0.3, -0.25) is 0 Å². The summed E-state index contributed by atoms with van der Waals surface area (Å²) in [6.45, 7) is 6.22. The monoisotopic (exact) mass is 255 g/mol. The third-order valence-electron chi connectivity index (χ3n) is 3.89. The van der Waals surface area contributed by atoms with Crippen molar-refractivity contribution >= 4 is 16.5 Å². The van der Waals surface area contributed by atoms with E-state index in [0.717, 1.165) is 31.7 Å². The fourth-order valence-corrected chi connectivity index (χ4v) is 2.89. The zero-order valence-electron chi connectivity index (χ0n) is 11.8. The minimum absolute atomic E-state index is 0.804. The summed E-state index contributed by atoms with van der Waals surface area (Å²) in [6, 6.07) is 8.68. The first-order valence-corrected chi connectivity index (χ1v) is 7.23. The molecule has 1 aliphatic rings. The van der Waals surface area contributed by atoms with Crippen LogP contribution in [0.25, 0.3) is 10.8 Å². The average Bonchev–Trinajstić information content (AvgIpc) is 2.87. The Hall–Kier alpha value is -1.70. The van der Waals surface area contributed by atoms with Crippen LogP contribution in [0.15, 0.2) is 24.3 Å². The number of hydrogen-bond acceptors (Lipinski definition) is 2. The van der Waals surface area contributed by atoms with E-state index in [1.807, 2.05) is 0 Å². The SMILES string of the molecule is CCCCOc1cc2c(c3c(C)cccc13)CCN2. The van der Waals surface area contributed by atoms with Gasteiger partial charge in [-0.05, 0) is 36.3 Å². The molecule has 2 aromatic carbocycles. The van der Waals surface area contributed by atoms with Crippen LogP contribution in [0.4, 0.5) is 5.69 Å². The summed E-state index contributed by atoms with van der Waals surface area (Å²) < 4.78 is 6.00. The van der Waals surface area contributed by atoms with E-state index in [1.165, 1.54) is 34.0 Å². The van der Waals surface area contributed by atoms with Crippen LogP contribution in [0, 0.1) is 6.92 Å². The zero-order valence-corrected chi connectivity index (χ0v) is 11.8. The van der Waals surface area contributed by atoms with Crippen molar-refractivity contribution in [3.05, 3.63) is 35.4 Å². The summed E-state index contributed by atoms with van der Waals surface area (Å²) in [5.41, 5.74) is 4.06. The highest BCUT2D eigenvalue weighted by Gasteiger charge is 2.18. The van der Waals surface area contributed by atoms with Crippen molar-refractivity contribution < 1.29 is 4.74 Å². The van der Waals surface area contributed by atoms with Gasteiger partial charge in [-0.2, -0.15) is 0 Å². The molecule has 1 aliphatic heterocycles. The van der Waals surface area contributed by atoms with Gasteiger partial charge in [-0.1, -0.05) is 31.5 Å². The number of benzene rings is 2. The molecule has 0 unspecified atom stereocenters. The molecule has 1 heterocycles. The Morgan fingerprint density at radius 2 is 2.21 bits per heavy atom. The minimum Gasteiger partial charge on any atom is -0.493 e. The van der Waals surface area contributed by atoms with Gasteiger partial charge in [0.2, 0.25) is 0 Å². The highest BCUT2D eigenvalue weighted by atomic mass is 16.5. The molecule has 3 rings (SSSR count). The second-order valence-corrected chi connectivity index (χ2v) is 5.28. The van der Waals surface area contributed by atoms with Gasteiger partial charge in [-0.15, -0.1) is 0 Å². The number of fused-ring (bicyclic) bond motifs is 3. The fourth-order valence-electron chi connectivity index (χ4n) is 2.89. The molecule has 0 fully saturated rings. The first kappa shape index (κ1) is 12.3. The largest absolute Gasteiger partial charge is 0.493 e. The van der Waals surface area contributed by atoms with E-state index >= 15 is 0 Å². The van der Waals surface area contributed by atoms with E-state index in [0.29, 0.717) is 0 Å². The number of rotatable bonds is 4. The molecule has 0 atom stereocenters. The highest BCUT2D eigenvalue weighted by Crippen LogP contribution is 2.38. The van der Waals surface area contributed by atoms with Crippen LogP contribution in [-0.2, 0) is 6.42 Å². The number of anilines is 1. The standard InChI is InChI=1S/C17H21NO/c1-3-4-10-19-16-11-15-13(8-9-18-15)17-12(2)6-5-7-14(16)17/h5-7,11,18H,3-4,8-10H2,1-2H3. The van der Waals surface area contributed by atoms with Crippen molar-refractivity contribution in [2.75, 3.05) is 18.5 Å². The average molecular weight is 255 g/mol. The molecule has 100 valence electrons. The van der Waals surface area contributed by atoms with Crippen LogP contribution in [-0.4, -0.2) is 13.2 Å². The molecule has 2 aromatic rings. The summed E-state index contributed by atoms with van der Waals surface area (Å²) in [4.78, 5) is 0. The molecule has 0 amide bonds. The lowest BCUT2D eigenvalue weighted by Crippen LogP contribution is -1.99. The maximum absolute atomic E-state index is 6.00. The van der Waals surface area contributed by atoms with Crippen molar-refractivity contribution in [3.63, 3.8) is 0 Å². The molecule has 0 saturated carbocycles. The number of hydrogen-bond donors (Lipinski definition) is 1. The van der Waals surface area contributed by atoms with Gasteiger partial charge in [-0.25, -0.2) is 0 Å². The quantitative estimate of drug-likeness (QED) is 0.823. The Balaban J connectivity index is 2.12. The van der Waals surface area contributed by atoms with Crippen LogP contribution in [0.2, 0.25) is 0 Å². The maximum Gasteiger partial charge on any atom is 0.129 e. The van der Waals surface area contributed by atoms with E-state index in [1.54, 1.807) is 0 Å². The van der Waals surface area contributed by atoms with E-state index in [2.05, 4.69) is 43.4 Å². The van der Waals surface area contributed by atoms with Crippen molar-refractivity contribution in [2.45, 2.75) is 33.1 Å². The summed E-state index contributed by atoms with van der Waals surface area (Å²) in [5, 5.41) is 6.12. The molecule has 0 radical (unpaired) electrons. The Kier molecular flexibility index (Phi) is 3.33. The number of aryl methyl sites for hydroxylation is 1. The van der Waals surface area contributed by atoms with Crippen molar-refractivity contribution in [1.82, 2.24) is 0 Å². The van der Waals surface area contributed by atoms with E-state index in [9.17, 15) is 0 Å². The summed E-state index contributed by atoms with van der Waals surface area (Å²) >= 11 is 0.